The summed E-state index contributed by atoms with van der Waals surface area (Å²) in [5.74, 6) is -5.23. The van der Waals surface area contributed by atoms with Crippen molar-refractivity contribution in [1.82, 2.24) is 0 Å². The number of carbonyl (C=O) groups excluding carboxylic acids is 4. The van der Waals surface area contributed by atoms with Gasteiger partial charge in [0.1, 0.15) is 17.0 Å². The number of rotatable bonds is 24. The zero-order valence-corrected chi connectivity index (χ0v) is 61.1. The molecule has 4 aromatic rings. The summed E-state index contributed by atoms with van der Waals surface area (Å²) in [4.78, 5) is 53.2. The molecule has 5 fully saturated rings. The van der Waals surface area contributed by atoms with Crippen molar-refractivity contribution in [2.24, 2.45) is 51.8 Å². The fourth-order valence-electron chi connectivity index (χ4n) is 12.5. The maximum absolute atomic E-state index is 13.5. The molecule has 0 aliphatic heterocycles. The van der Waals surface area contributed by atoms with Gasteiger partial charge in [-0.1, -0.05) is 188 Å². The molecule has 5 aliphatic rings. The highest BCUT2D eigenvalue weighted by Gasteiger charge is 2.63. The number of benzene rings is 4. The molecule has 103 heavy (non-hydrogen) atoms. The number of alkyl halides is 4. The Labute approximate surface area is 627 Å². The minimum absolute atomic E-state index is 0. The molecule has 5 aliphatic carbocycles. The van der Waals surface area contributed by atoms with Crippen LogP contribution in [0.15, 0.2) is 130 Å². The number of esters is 4. The van der Waals surface area contributed by atoms with Crippen LogP contribution in [0.1, 0.15) is 278 Å². The summed E-state index contributed by atoms with van der Waals surface area (Å²) < 4.78 is 111. The van der Waals surface area contributed by atoms with Crippen molar-refractivity contribution in [3.63, 3.8) is 0 Å². The predicted molar refractivity (Wildman–Crippen MR) is 418 cm³/mol. The minimum Gasteiger partial charge on any atom is -0.743 e. The van der Waals surface area contributed by atoms with E-state index in [4.69, 9.17) is 24.1 Å². The molecule has 5 saturated carbocycles. The molecule has 9 rings (SSSR count). The molecule has 596 valence electrons. The number of halogens is 4. The van der Waals surface area contributed by atoms with Crippen LogP contribution in [0.3, 0.4) is 0 Å². The molecule has 4 bridgehead atoms. The average molecular weight is 1500 g/mol. The highest BCUT2D eigenvalue weighted by atomic mass is 32.2. The number of phenols is 1. The summed E-state index contributed by atoms with van der Waals surface area (Å²) in [6.45, 7) is 30.6. The van der Waals surface area contributed by atoms with Crippen molar-refractivity contribution in [2.75, 3.05) is 13.2 Å². The highest BCUT2D eigenvalue weighted by Crippen LogP contribution is 2.62. The Kier molecular flexibility index (Phi) is 46.6. The van der Waals surface area contributed by atoms with Crippen molar-refractivity contribution >= 4 is 44.9 Å². The molecule has 1 N–H and O–H groups in total. The van der Waals surface area contributed by atoms with Crippen LogP contribution in [-0.4, -0.2) is 83.3 Å². The van der Waals surface area contributed by atoms with Crippen LogP contribution >= 0.6 is 0 Å². The quantitative estimate of drug-likeness (QED) is 0.0174. The van der Waals surface area contributed by atoms with Crippen LogP contribution in [0, 0.1) is 51.8 Å². The number of hydrogen-bond donors (Lipinski definition) is 1. The normalized spacial score (nSPS) is 19.2. The van der Waals surface area contributed by atoms with Crippen molar-refractivity contribution in [3.05, 3.63) is 121 Å². The average Bonchev–Trinajstić information content (AvgIpc) is 1.02. The van der Waals surface area contributed by atoms with E-state index in [2.05, 4.69) is 144 Å². The van der Waals surface area contributed by atoms with Gasteiger partial charge < -0.3 is 33.3 Å². The molecule has 0 aromatic heterocycles. The second kappa shape index (κ2) is 45.2. The zero-order valence-electron chi connectivity index (χ0n) is 59.5. The molecule has 19 heteroatoms. The first-order valence-electron chi connectivity index (χ1n) is 34.1. The van der Waals surface area contributed by atoms with Crippen molar-refractivity contribution in [2.45, 2.75) is 316 Å². The summed E-state index contributed by atoms with van der Waals surface area (Å²) >= 11 is 0. The third-order valence-corrected chi connectivity index (χ3v) is 23.3. The van der Waals surface area contributed by atoms with E-state index in [-0.39, 0.29) is 117 Å². The maximum Gasteiger partial charge on any atom is 0.396 e. The standard InChI is InChI=1S/C19H32O2.C18H15S.C15H24F4O8S.C14H26O2.C10H14O.8CH4/c1-6-18(4,5)17(20)21-19(12(2)3)15-8-13-7-14(10-15)11-16(19)9-13;1-4-10-16(11-5-1)19(17-12-6-2-7-13-17)18-14-8-3-9-15-18;1-6-12(3,4)10(20)27-13(5,11(21)25-7-2)26-9-8-14(16,17)15(18,19)28(22,23)24;1-6-13(4,5)12(15)16-14(11(2)3)9-7-8-10-14;1-3-8(2)9-4-6-10(11)7-5-9;;;;;;;;/h12-16H,6-11H2,1-5H3;1-15H;6-9H2,1-5H3,(H,22,23,24);11H,6-10H2,1-5H3;4-8,11H,3H2,1-2H3;8*1H4/q;+1;;;;;;;;;;;/p-1. The summed E-state index contributed by atoms with van der Waals surface area (Å²) in [6.07, 6.45) is 12.2. The Hall–Kier alpha value is -5.50. The molecule has 0 saturated heterocycles. The van der Waals surface area contributed by atoms with E-state index in [0.717, 1.165) is 50.9 Å². The Morgan fingerprint density at radius 3 is 1.24 bits per heavy atom. The van der Waals surface area contributed by atoms with Crippen LogP contribution in [0.25, 0.3) is 0 Å². The number of carbonyl (C=O) groups is 4. The first kappa shape index (κ1) is 106. The van der Waals surface area contributed by atoms with Gasteiger partial charge in [-0.25, -0.2) is 13.2 Å². The van der Waals surface area contributed by atoms with Gasteiger partial charge in [0.05, 0.1) is 40.4 Å². The van der Waals surface area contributed by atoms with E-state index in [9.17, 15) is 49.7 Å². The lowest BCUT2D eigenvalue weighted by molar-refractivity contribution is -0.249. The smallest absolute Gasteiger partial charge is 0.396 e. The summed E-state index contributed by atoms with van der Waals surface area (Å²) in [5, 5.41) is 3.11. The lowest BCUT2D eigenvalue weighted by Gasteiger charge is -2.62. The van der Waals surface area contributed by atoms with E-state index >= 15 is 0 Å². The second-order valence-corrected chi connectivity index (χ2v) is 32.2. The number of phenolic OH excluding ortho intramolecular Hbond substituents is 1. The molecular weight excluding hydrogens is 1360 g/mol. The van der Waals surface area contributed by atoms with Gasteiger partial charge in [0.25, 0.3) is 0 Å². The predicted octanol–water partition coefficient (Wildman–Crippen LogP) is 24.0. The fourth-order valence-corrected chi connectivity index (χ4v) is 15.1. The lowest BCUT2D eigenvalue weighted by Crippen LogP contribution is -2.63. The van der Waals surface area contributed by atoms with Crippen LogP contribution in [-0.2, 0) is 63.9 Å². The molecule has 0 heterocycles. The Bertz CT molecular complexity index is 3010. The molecule has 2 unspecified atom stereocenters. The Morgan fingerprint density at radius 2 is 0.913 bits per heavy atom. The summed E-state index contributed by atoms with van der Waals surface area (Å²) in [5.41, 5.74) is -0.836. The summed E-state index contributed by atoms with van der Waals surface area (Å²) in [7, 11) is -6.67. The van der Waals surface area contributed by atoms with Crippen molar-refractivity contribution < 1.29 is 78.5 Å². The monoisotopic (exact) mass is 1500 g/mol. The molecule has 0 radical (unpaired) electrons. The van der Waals surface area contributed by atoms with Crippen molar-refractivity contribution in [3.8, 4) is 5.75 Å². The van der Waals surface area contributed by atoms with E-state index < -0.39 is 57.5 Å². The SMILES string of the molecule is C.C.C.C.C.C.C.C.CCC(C)(C)C(=O)OC1(C(C)C)C2CC3CC(C2)CC1C3.CCC(C)(C)C(=O)OC1(C(C)C)CCCC1.CCC(C)c1ccc(O)cc1.CCOC(=O)C(C)(OCCC(F)(F)C(F)(F)S(=O)(=O)[O-])OC(=O)C(C)(C)CC.c1ccc([S+](c2ccccc2)c2ccccc2)cc1. The minimum atomic E-state index is -6.66. The van der Waals surface area contributed by atoms with Gasteiger partial charge >= 0.3 is 40.8 Å². The van der Waals surface area contributed by atoms with E-state index in [1.807, 2.05) is 46.8 Å². The molecule has 13 nitrogen and oxygen atoms in total. The number of hydrogen-bond acceptors (Lipinski definition) is 13. The van der Waals surface area contributed by atoms with Crippen LogP contribution in [0.4, 0.5) is 17.6 Å². The molecule has 4 aromatic carbocycles. The van der Waals surface area contributed by atoms with Gasteiger partial charge in [-0.3, -0.25) is 14.4 Å². The van der Waals surface area contributed by atoms with E-state index in [1.54, 1.807) is 19.1 Å². The van der Waals surface area contributed by atoms with E-state index in [0.29, 0.717) is 35.3 Å². The third-order valence-electron chi connectivity index (χ3n) is 20.2. The summed E-state index contributed by atoms with van der Waals surface area (Å²) in [6, 6.07) is 39.6. The third kappa shape index (κ3) is 27.7. The van der Waals surface area contributed by atoms with Gasteiger partial charge in [-0.15, -0.1) is 0 Å². The topological polar surface area (TPSA) is 192 Å². The molecule has 0 amide bonds. The van der Waals surface area contributed by atoms with Crippen LogP contribution in [0.5, 0.6) is 5.75 Å². The largest absolute Gasteiger partial charge is 0.743 e. The van der Waals surface area contributed by atoms with Gasteiger partial charge in [-0.05, 0) is 227 Å². The first-order valence-corrected chi connectivity index (χ1v) is 36.7. The van der Waals surface area contributed by atoms with Crippen LogP contribution in [0.2, 0.25) is 0 Å². The van der Waals surface area contributed by atoms with Gasteiger partial charge in [0.2, 0.25) is 0 Å². The fraction of sp³-hybridized carbons (Fsp3) is 0.667. The first-order chi connectivity index (χ1) is 44.2. The zero-order chi connectivity index (χ0) is 71.6. The maximum atomic E-state index is 13.5. The van der Waals surface area contributed by atoms with Gasteiger partial charge in [-0.2, -0.15) is 17.6 Å². The van der Waals surface area contributed by atoms with E-state index in [1.165, 1.54) is 86.0 Å². The number of aromatic hydroxyl groups is 1. The Morgan fingerprint density at radius 1 is 0.544 bits per heavy atom. The molecular formula is C84H142F4O13S2. The Balaban J connectivity index is -0.000000390. The molecule has 2 atom stereocenters. The van der Waals surface area contributed by atoms with Gasteiger partial charge in [0.15, 0.2) is 24.8 Å². The number of ether oxygens (including phenoxy) is 5. The van der Waals surface area contributed by atoms with Gasteiger partial charge in [0, 0.05) is 13.3 Å². The highest BCUT2D eigenvalue weighted by molar-refractivity contribution is 7.97. The lowest BCUT2D eigenvalue weighted by atomic mass is 9.47. The van der Waals surface area contributed by atoms with Crippen LogP contribution < -0.4 is 0 Å². The molecule has 0 spiro atoms. The second-order valence-electron chi connectivity index (χ2n) is 28.7. The van der Waals surface area contributed by atoms with Crippen molar-refractivity contribution in [1.29, 1.82) is 0 Å².